The highest BCUT2D eigenvalue weighted by Crippen LogP contribution is 2.23. The van der Waals surface area contributed by atoms with E-state index in [1.807, 2.05) is 19.1 Å². The first kappa shape index (κ1) is 16.4. The Morgan fingerprint density at radius 1 is 1.26 bits per heavy atom. The van der Waals surface area contributed by atoms with Gasteiger partial charge in [0.05, 0.1) is 17.9 Å². The molecule has 1 atom stereocenters. The van der Waals surface area contributed by atoms with Crippen LogP contribution >= 0.6 is 0 Å². The molecule has 7 nitrogen and oxygen atoms in total. The summed E-state index contributed by atoms with van der Waals surface area (Å²) in [5, 5.41) is 2.75. The molecule has 23 heavy (non-hydrogen) atoms. The fourth-order valence-electron chi connectivity index (χ4n) is 2.29. The van der Waals surface area contributed by atoms with Crippen LogP contribution in [0.15, 0.2) is 42.9 Å². The predicted molar refractivity (Wildman–Crippen MR) is 86.8 cm³/mol. The van der Waals surface area contributed by atoms with Gasteiger partial charge in [-0.1, -0.05) is 6.92 Å². The van der Waals surface area contributed by atoms with Crippen LogP contribution in [0.4, 0.5) is 10.5 Å². The molecule has 0 radical (unpaired) electrons. The van der Waals surface area contributed by atoms with E-state index >= 15 is 0 Å². The number of nitrogens with two attached hydrogens (primary N) is 1. The summed E-state index contributed by atoms with van der Waals surface area (Å²) in [7, 11) is 1.73. The molecule has 0 saturated heterocycles. The molecular formula is C16H19N5O2. The van der Waals surface area contributed by atoms with Crippen LogP contribution in [0.2, 0.25) is 0 Å². The Balaban J connectivity index is 2.08. The third-order valence-corrected chi connectivity index (χ3v) is 3.53. The number of amides is 3. The fraction of sp³-hybridized carbons (Fsp3) is 0.250. The second-order valence-electron chi connectivity index (χ2n) is 5.04. The van der Waals surface area contributed by atoms with Gasteiger partial charge >= 0.3 is 6.03 Å². The zero-order chi connectivity index (χ0) is 16.8. The van der Waals surface area contributed by atoms with E-state index in [9.17, 15) is 9.59 Å². The van der Waals surface area contributed by atoms with Crippen molar-refractivity contribution < 1.29 is 9.59 Å². The van der Waals surface area contributed by atoms with E-state index < -0.39 is 5.91 Å². The third kappa shape index (κ3) is 4.03. The Bertz CT molecular complexity index is 673. The lowest BCUT2D eigenvalue weighted by molar-refractivity contribution is 0.0995. The molecule has 0 aromatic carbocycles. The lowest BCUT2D eigenvalue weighted by Gasteiger charge is -2.27. The molecule has 3 N–H and O–H groups in total. The van der Waals surface area contributed by atoms with Crippen molar-refractivity contribution in [3.63, 3.8) is 0 Å². The van der Waals surface area contributed by atoms with E-state index in [0.29, 0.717) is 5.69 Å². The number of aromatic nitrogens is 2. The van der Waals surface area contributed by atoms with Gasteiger partial charge in [0.1, 0.15) is 5.69 Å². The van der Waals surface area contributed by atoms with E-state index in [1.165, 1.54) is 12.3 Å². The monoisotopic (exact) mass is 313 g/mol. The van der Waals surface area contributed by atoms with Crippen LogP contribution in [-0.2, 0) is 0 Å². The molecule has 0 bridgehead atoms. The maximum absolute atomic E-state index is 12.4. The number of hydrogen-bond donors (Lipinski definition) is 2. The minimum atomic E-state index is -0.608. The highest BCUT2D eigenvalue weighted by Gasteiger charge is 2.20. The third-order valence-electron chi connectivity index (χ3n) is 3.53. The van der Waals surface area contributed by atoms with Gasteiger partial charge in [-0.25, -0.2) is 9.78 Å². The summed E-state index contributed by atoms with van der Waals surface area (Å²) in [6.07, 6.45) is 5.58. The van der Waals surface area contributed by atoms with E-state index in [1.54, 1.807) is 30.4 Å². The van der Waals surface area contributed by atoms with Gasteiger partial charge < -0.3 is 16.0 Å². The number of hydrogen-bond acceptors (Lipinski definition) is 4. The van der Waals surface area contributed by atoms with Crippen molar-refractivity contribution >= 4 is 17.6 Å². The molecule has 3 amide bonds. The van der Waals surface area contributed by atoms with Crippen molar-refractivity contribution in [1.29, 1.82) is 0 Å². The maximum atomic E-state index is 12.4. The van der Waals surface area contributed by atoms with E-state index in [2.05, 4.69) is 15.3 Å². The minimum Gasteiger partial charge on any atom is -0.364 e. The smallest absolute Gasteiger partial charge is 0.322 e. The highest BCUT2D eigenvalue weighted by molar-refractivity contribution is 5.92. The minimum absolute atomic E-state index is 0.0594. The molecule has 7 heteroatoms. The van der Waals surface area contributed by atoms with Crippen molar-refractivity contribution in [1.82, 2.24) is 14.9 Å². The van der Waals surface area contributed by atoms with Gasteiger partial charge in [0, 0.05) is 19.4 Å². The van der Waals surface area contributed by atoms with Gasteiger partial charge in [-0.15, -0.1) is 0 Å². The zero-order valence-corrected chi connectivity index (χ0v) is 13.1. The molecule has 0 aliphatic rings. The number of primary amides is 1. The lowest BCUT2D eigenvalue weighted by atomic mass is 10.1. The van der Waals surface area contributed by atoms with Crippen LogP contribution < -0.4 is 11.1 Å². The summed E-state index contributed by atoms with van der Waals surface area (Å²) in [5.41, 5.74) is 6.80. The van der Waals surface area contributed by atoms with Crippen molar-refractivity contribution in [2.45, 2.75) is 19.4 Å². The number of rotatable bonds is 5. The summed E-state index contributed by atoms with van der Waals surface area (Å²) in [6, 6.07) is 6.52. The van der Waals surface area contributed by atoms with Crippen molar-refractivity contribution in [3.8, 4) is 0 Å². The van der Waals surface area contributed by atoms with Crippen molar-refractivity contribution in [3.05, 3.63) is 54.1 Å². The second kappa shape index (κ2) is 7.35. The first-order valence-electron chi connectivity index (χ1n) is 7.22. The normalized spacial score (nSPS) is 11.6. The molecule has 2 rings (SSSR count). The molecular weight excluding hydrogens is 294 g/mol. The summed E-state index contributed by atoms with van der Waals surface area (Å²) in [6.45, 7) is 2.01. The van der Waals surface area contributed by atoms with Crippen LogP contribution in [0, 0.1) is 0 Å². The topological polar surface area (TPSA) is 101 Å². The Labute approximate surface area is 134 Å². The number of carbonyl (C=O) groups excluding carboxylic acids is 2. The Kier molecular flexibility index (Phi) is 5.24. The number of urea groups is 1. The molecule has 0 fully saturated rings. The van der Waals surface area contributed by atoms with Crippen LogP contribution in [0.1, 0.15) is 35.4 Å². The van der Waals surface area contributed by atoms with Gasteiger partial charge in [-0.3, -0.25) is 9.78 Å². The number of carbonyl (C=O) groups is 2. The van der Waals surface area contributed by atoms with Crippen LogP contribution in [-0.4, -0.2) is 33.9 Å². The quantitative estimate of drug-likeness (QED) is 0.883. The summed E-state index contributed by atoms with van der Waals surface area (Å²) >= 11 is 0. The van der Waals surface area contributed by atoms with E-state index in [0.717, 1.165) is 12.0 Å². The molecule has 0 spiro atoms. The summed E-state index contributed by atoms with van der Waals surface area (Å²) in [5.74, 6) is -0.608. The zero-order valence-electron chi connectivity index (χ0n) is 13.1. The van der Waals surface area contributed by atoms with Gasteiger partial charge in [0.25, 0.3) is 5.91 Å². The first-order valence-corrected chi connectivity index (χ1v) is 7.22. The molecule has 0 saturated carbocycles. The molecule has 1 unspecified atom stereocenters. The van der Waals surface area contributed by atoms with Gasteiger partial charge in [-0.2, -0.15) is 0 Å². The molecule has 2 heterocycles. The van der Waals surface area contributed by atoms with Gasteiger partial charge in [-0.05, 0) is 36.2 Å². The van der Waals surface area contributed by atoms with Gasteiger partial charge in [0.2, 0.25) is 0 Å². The summed E-state index contributed by atoms with van der Waals surface area (Å²) < 4.78 is 0. The lowest BCUT2D eigenvalue weighted by Crippen LogP contribution is -2.34. The second-order valence-corrected chi connectivity index (χ2v) is 5.04. The standard InChI is InChI=1S/C16H19N5O2/c1-3-14(11-6-8-18-9-7-11)21(2)16(23)20-12-4-5-13(15(17)22)19-10-12/h4-10,14H,3H2,1-2H3,(H2,17,22)(H,20,23). The number of nitrogens with one attached hydrogen (secondary N) is 1. The van der Waals surface area contributed by atoms with E-state index in [-0.39, 0.29) is 17.8 Å². The van der Waals surface area contributed by atoms with Gasteiger partial charge in [0.15, 0.2) is 0 Å². The molecule has 0 aliphatic carbocycles. The van der Waals surface area contributed by atoms with Crippen molar-refractivity contribution in [2.75, 3.05) is 12.4 Å². The number of anilines is 1. The summed E-state index contributed by atoms with van der Waals surface area (Å²) in [4.78, 5) is 32.9. The van der Waals surface area contributed by atoms with Crippen LogP contribution in [0.3, 0.4) is 0 Å². The number of nitrogens with zero attached hydrogens (tertiary/aromatic N) is 3. The van der Waals surface area contributed by atoms with Crippen molar-refractivity contribution in [2.24, 2.45) is 5.73 Å². The Morgan fingerprint density at radius 2 is 1.96 bits per heavy atom. The SMILES string of the molecule is CCC(c1ccncc1)N(C)C(=O)Nc1ccc(C(N)=O)nc1. The number of pyridine rings is 2. The van der Waals surface area contributed by atoms with Crippen LogP contribution in [0.25, 0.3) is 0 Å². The average Bonchev–Trinajstić information content (AvgIpc) is 2.57. The molecule has 120 valence electrons. The predicted octanol–water partition coefficient (Wildman–Crippen LogP) is 2.19. The Morgan fingerprint density at radius 3 is 2.48 bits per heavy atom. The Hall–Kier alpha value is -2.96. The first-order chi connectivity index (χ1) is 11.0. The largest absolute Gasteiger partial charge is 0.364 e. The molecule has 0 aliphatic heterocycles. The molecule has 2 aromatic heterocycles. The maximum Gasteiger partial charge on any atom is 0.322 e. The van der Waals surface area contributed by atoms with E-state index in [4.69, 9.17) is 5.73 Å². The highest BCUT2D eigenvalue weighted by atomic mass is 16.2. The van der Waals surface area contributed by atoms with Crippen LogP contribution in [0.5, 0.6) is 0 Å². The average molecular weight is 313 g/mol. The molecule has 2 aromatic rings. The fourth-order valence-corrected chi connectivity index (χ4v) is 2.29.